The lowest BCUT2D eigenvalue weighted by Crippen LogP contribution is -2.29. The van der Waals surface area contributed by atoms with Crippen LogP contribution < -0.4 is 5.32 Å². The predicted octanol–water partition coefficient (Wildman–Crippen LogP) is 3.59. The first-order valence-corrected chi connectivity index (χ1v) is 9.13. The number of nitrogens with zero attached hydrogens (tertiary/aromatic N) is 2. The van der Waals surface area contributed by atoms with Crippen LogP contribution in [-0.4, -0.2) is 30.0 Å². The highest BCUT2D eigenvalue weighted by Crippen LogP contribution is 2.33. The molecule has 0 aliphatic heterocycles. The van der Waals surface area contributed by atoms with Gasteiger partial charge in [0.15, 0.2) is 6.61 Å². The summed E-state index contributed by atoms with van der Waals surface area (Å²) in [6.07, 6.45) is 0.131. The molecule has 0 atom stereocenters. The molecule has 0 aliphatic rings. The van der Waals surface area contributed by atoms with E-state index in [-0.39, 0.29) is 24.2 Å². The predicted molar refractivity (Wildman–Crippen MR) is 102 cm³/mol. The van der Waals surface area contributed by atoms with Gasteiger partial charge in [-0.25, -0.2) is 4.79 Å². The van der Waals surface area contributed by atoms with Crippen LogP contribution in [0.4, 0.5) is 5.69 Å². The van der Waals surface area contributed by atoms with Crippen molar-refractivity contribution < 1.29 is 19.2 Å². The number of esters is 1. The van der Waals surface area contributed by atoms with Crippen molar-refractivity contribution in [3.8, 4) is 6.07 Å². The average molecular weight is 420 g/mol. The smallest absolute Gasteiger partial charge is 0.340 e. The maximum Gasteiger partial charge on any atom is 0.340 e. The van der Waals surface area contributed by atoms with Crippen LogP contribution in [0.25, 0.3) is 0 Å². The fourth-order valence-electron chi connectivity index (χ4n) is 2.03. The van der Waals surface area contributed by atoms with E-state index in [0.29, 0.717) is 9.92 Å². The van der Waals surface area contributed by atoms with Crippen LogP contribution >= 0.6 is 23.4 Å². The van der Waals surface area contributed by atoms with E-state index < -0.39 is 23.4 Å². The quantitative estimate of drug-likeness (QED) is 0.300. The molecular formula is C18H14ClN3O5S. The van der Waals surface area contributed by atoms with Crippen LogP contribution in [0.3, 0.4) is 0 Å². The van der Waals surface area contributed by atoms with Gasteiger partial charge in [0, 0.05) is 33.5 Å². The van der Waals surface area contributed by atoms with E-state index in [2.05, 4.69) is 5.32 Å². The molecule has 0 unspecified atom stereocenters. The Labute approximate surface area is 169 Å². The molecule has 1 amide bonds. The summed E-state index contributed by atoms with van der Waals surface area (Å²) in [6, 6.07) is 12.5. The van der Waals surface area contributed by atoms with E-state index in [1.165, 1.54) is 23.9 Å². The molecule has 0 saturated carbocycles. The van der Waals surface area contributed by atoms with Gasteiger partial charge in [-0.1, -0.05) is 23.4 Å². The summed E-state index contributed by atoms with van der Waals surface area (Å²) in [5.74, 6) is -1.43. The monoisotopic (exact) mass is 419 g/mol. The number of nitro groups is 1. The summed E-state index contributed by atoms with van der Waals surface area (Å²) in [5.41, 5.74) is -0.301. The van der Waals surface area contributed by atoms with Crippen LogP contribution in [0.15, 0.2) is 52.3 Å². The Kier molecular flexibility index (Phi) is 7.80. The Morgan fingerprint density at radius 3 is 2.61 bits per heavy atom. The van der Waals surface area contributed by atoms with Crippen molar-refractivity contribution in [3.05, 3.63) is 63.2 Å². The van der Waals surface area contributed by atoms with E-state index in [0.717, 1.165) is 11.0 Å². The summed E-state index contributed by atoms with van der Waals surface area (Å²) >= 11 is 7.06. The molecule has 1 N–H and O–H groups in total. The Hall–Kier alpha value is -3.09. The summed E-state index contributed by atoms with van der Waals surface area (Å²) < 4.78 is 4.96. The van der Waals surface area contributed by atoms with Crippen molar-refractivity contribution in [1.82, 2.24) is 5.32 Å². The van der Waals surface area contributed by atoms with Crippen molar-refractivity contribution in [1.29, 1.82) is 5.26 Å². The van der Waals surface area contributed by atoms with Crippen molar-refractivity contribution in [3.63, 3.8) is 0 Å². The molecule has 10 heteroatoms. The summed E-state index contributed by atoms with van der Waals surface area (Å²) in [6.45, 7) is -0.417. The molecule has 2 aromatic carbocycles. The molecule has 2 aromatic rings. The van der Waals surface area contributed by atoms with Gasteiger partial charge in [0.05, 0.1) is 23.0 Å². The molecule has 0 saturated heterocycles. The number of amides is 1. The SMILES string of the molecule is N#CCCNC(=O)COC(=O)c1cc([N+](=O)[O-])ccc1Sc1ccc(Cl)cc1. The van der Waals surface area contributed by atoms with Crippen LogP contribution in [0, 0.1) is 21.4 Å². The van der Waals surface area contributed by atoms with Crippen molar-refractivity contribution >= 4 is 40.9 Å². The first-order valence-electron chi connectivity index (χ1n) is 7.93. The first-order chi connectivity index (χ1) is 13.4. The van der Waals surface area contributed by atoms with Crippen LogP contribution in [-0.2, 0) is 9.53 Å². The van der Waals surface area contributed by atoms with Gasteiger partial charge in [-0.15, -0.1) is 0 Å². The fourth-order valence-corrected chi connectivity index (χ4v) is 3.07. The number of nitriles is 1. The Morgan fingerprint density at radius 1 is 1.25 bits per heavy atom. The number of nitro benzene ring substituents is 1. The van der Waals surface area contributed by atoms with Gasteiger partial charge < -0.3 is 10.1 Å². The number of halogens is 1. The Balaban J connectivity index is 2.17. The molecule has 0 radical (unpaired) electrons. The van der Waals surface area contributed by atoms with E-state index in [1.54, 1.807) is 24.3 Å². The molecule has 144 valence electrons. The maximum absolute atomic E-state index is 12.4. The topological polar surface area (TPSA) is 122 Å². The molecule has 0 bridgehead atoms. The minimum atomic E-state index is -0.865. The standard InChI is InChI=1S/C18H14ClN3O5S/c19-12-2-5-14(6-3-12)28-16-7-4-13(22(25)26)10-15(16)18(24)27-11-17(23)21-9-1-8-20/h2-7,10H,1,9,11H2,(H,21,23). The number of ether oxygens (including phenoxy) is 1. The number of benzene rings is 2. The molecule has 0 aliphatic carbocycles. The number of non-ortho nitro benzene ring substituents is 1. The average Bonchev–Trinajstić information content (AvgIpc) is 2.68. The van der Waals surface area contributed by atoms with Crippen LogP contribution in [0.5, 0.6) is 0 Å². The number of carbonyl (C=O) groups excluding carboxylic acids is 2. The van der Waals surface area contributed by atoms with Gasteiger partial charge in [-0.2, -0.15) is 5.26 Å². The largest absolute Gasteiger partial charge is 0.452 e. The molecule has 0 aromatic heterocycles. The molecular weight excluding hydrogens is 406 g/mol. The highest BCUT2D eigenvalue weighted by atomic mass is 35.5. The number of nitrogens with one attached hydrogen (secondary N) is 1. The third-order valence-electron chi connectivity index (χ3n) is 3.33. The zero-order valence-electron chi connectivity index (χ0n) is 14.4. The zero-order chi connectivity index (χ0) is 20.5. The Bertz CT molecular complexity index is 928. The van der Waals surface area contributed by atoms with Crippen LogP contribution in [0.2, 0.25) is 5.02 Å². The minimum absolute atomic E-state index is 0.0287. The van der Waals surface area contributed by atoms with Crippen molar-refractivity contribution in [2.75, 3.05) is 13.2 Å². The second-order valence-electron chi connectivity index (χ2n) is 5.33. The second kappa shape index (κ2) is 10.3. The van der Waals surface area contributed by atoms with Gasteiger partial charge in [-0.05, 0) is 30.3 Å². The van der Waals surface area contributed by atoms with E-state index in [4.69, 9.17) is 21.6 Å². The third-order valence-corrected chi connectivity index (χ3v) is 4.66. The molecule has 28 heavy (non-hydrogen) atoms. The highest BCUT2D eigenvalue weighted by Gasteiger charge is 2.20. The lowest BCUT2D eigenvalue weighted by atomic mass is 10.2. The van der Waals surface area contributed by atoms with E-state index in [9.17, 15) is 19.7 Å². The number of rotatable bonds is 8. The summed E-state index contributed by atoms with van der Waals surface area (Å²) in [5, 5.41) is 22.4. The third kappa shape index (κ3) is 6.26. The summed E-state index contributed by atoms with van der Waals surface area (Å²) in [4.78, 5) is 35.6. The minimum Gasteiger partial charge on any atom is -0.452 e. The number of carbonyl (C=O) groups is 2. The van der Waals surface area contributed by atoms with Gasteiger partial charge in [0.2, 0.25) is 0 Å². The second-order valence-corrected chi connectivity index (χ2v) is 6.88. The normalized spacial score (nSPS) is 10.0. The lowest BCUT2D eigenvalue weighted by Gasteiger charge is -2.10. The lowest BCUT2D eigenvalue weighted by molar-refractivity contribution is -0.384. The molecule has 8 nitrogen and oxygen atoms in total. The van der Waals surface area contributed by atoms with Gasteiger partial charge in [-0.3, -0.25) is 14.9 Å². The van der Waals surface area contributed by atoms with Gasteiger partial charge in [0.1, 0.15) is 0 Å². The molecule has 0 heterocycles. The zero-order valence-corrected chi connectivity index (χ0v) is 16.0. The highest BCUT2D eigenvalue weighted by molar-refractivity contribution is 7.99. The maximum atomic E-state index is 12.4. The molecule has 0 fully saturated rings. The summed E-state index contributed by atoms with van der Waals surface area (Å²) in [7, 11) is 0. The van der Waals surface area contributed by atoms with E-state index in [1.807, 2.05) is 6.07 Å². The van der Waals surface area contributed by atoms with Crippen molar-refractivity contribution in [2.45, 2.75) is 16.2 Å². The molecule has 0 spiro atoms. The fraction of sp³-hybridized carbons (Fsp3) is 0.167. The Morgan fingerprint density at radius 2 is 1.96 bits per heavy atom. The van der Waals surface area contributed by atoms with Gasteiger partial charge in [0.25, 0.3) is 11.6 Å². The van der Waals surface area contributed by atoms with Gasteiger partial charge >= 0.3 is 5.97 Å². The van der Waals surface area contributed by atoms with Crippen LogP contribution in [0.1, 0.15) is 16.8 Å². The number of hydrogen-bond acceptors (Lipinski definition) is 7. The van der Waals surface area contributed by atoms with E-state index >= 15 is 0 Å². The molecule has 2 rings (SSSR count). The first kappa shape index (κ1) is 21.2. The number of hydrogen-bond donors (Lipinski definition) is 1. The van der Waals surface area contributed by atoms with Crippen molar-refractivity contribution in [2.24, 2.45) is 0 Å².